The van der Waals surface area contributed by atoms with Crippen LogP contribution < -0.4 is 0 Å². The fourth-order valence-corrected chi connectivity index (χ4v) is 3.67. The van der Waals surface area contributed by atoms with Gasteiger partial charge in [-0.15, -0.1) is 0 Å². The van der Waals surface area contributed by atoms with E-state index in [0.29, 0.717) is 26.1 Å². The molecule has 2 bridgehead atoms. The lowest BCUT2D eigenvalue weighted by atomic mass is 9.81. The Morgan fingerprint density at radius 2 is 1.62 bits per heavy atom. The molecule has 1 aromatic rings. The molecular formula is C19H23F2NO4. The molecule has 1 amide bonds. The van der Waals surface area contributed by atoms with Crippen LogP contribution in [0.25, 0.3) is 0 Å². The van der Waals surface area contributed by atoms with E-state index in [1.807, 2.05) is 0 Å². The maximum atomic E-state index is 13.4. The molecule has 2 atom stereocenters. The predicted molar refractivity (Wildman–Crippen MR) is 89.9 cm³/mol. The van der Waals surface area contributed by atoms with Gasteiger partial charge in [0.2, 0.25) is 0 Å². The summed E-state index contributed by atoms with van der Waals surface area (Å²) in [6.45, 7) is 6.03. The van der Waals surface area contributed by atoms with E-state index in [4.69, 9.17) is 9.47 Å². The lowest BCUT2D eigenvalue weighted by Crippen LogP contribution is -2.60. The van der Waals surface area contributed by atoms with Crippen molar-refractivity contribution >= 4 is 11.9 Å². The van der Waals surface area contributed by atoms with Gasteiger partial charge >= 0.3 is 6.09 Å². The average molecular weight is 367 g/mol. The van der Waals surface area contributed by atoms with Crippen molar-refractivity contribution in [1.29, 1.82) is 0 Å². The summed E-state index contributed by atoms with van der Waals surface area (Å²) in [6, 6.07) is 2.27. The van der Waals surface area contributed by atoms with Gasteiger partial charge in [-0.1, -0.05) is 0 Å². The Morgan fingerprint density at radius 1 is 1.08 bits per heavy atom. The molecule has 0 saturated carbocycles. The van der Waals surface area contributed by atoms with Crippen LogP contribution in [-0.4, -0.2) is 47.7 Å². The first-order valence-corrected chi connectivity index (χ1v) is 8.73. The van der Waals surface area contributed by atoms with E-state index in [-0.39, 0.29) is 23.4 Å². The summed E-state index contributed by atoms with van der Waals surface area (Å²) in [5.74, 6) is -2.26. The molecule has 0 N–H and O–H groups in total. The minimum Gasteiger partial charge on any atom is -0.444 e. The van der Waals surface area contributed by atoms with Crippen LogP contribution in [-0.2, 0) is 9.47 Å². The SMILES string of the molecule is CC(C)(C)OC(=O)N1C2COCC1CC(C(=O)c1cc(F)cc(F)c1)C2. The number of hydrogen-bond donors (Lipinski definition) is 0. The van der Waals surface area contributed by atoms with Gasteiger partial charge in [0.05, 0.1) is 25.3 Å². The molecule has 0 spiro atoms. The highest BCUT2D eigenvalue weighted by molar-refractivity contribution is 5.98. The summed E-state index contributed by atoms with van der Waals surface area (Å²) in [4.78, 5) is 26.9. The largest absolute Gasteiger partial charge is 0.444 e. The number of carbonyl (C=O) groups is 2. The molecule has 0 aromatic heterocycles. The maximum absolute atomic E-state index is 13.4. The highest BCUT2D eigenvalue weighted by Gasteiger charge is 2.45. The summed E-state index contributed by atoms with van der Waals surface area (Å²) in [5.41, 5.74) is -0.588. The van der Waals surface area contributed by atoms with Gasteiger partial charge in [0.25, 0.3) is 0 Å². The molecule has 2 heterocycles. The second-order valence-electron chi connectivity index (χ2n) is 7.92. The van der Waals surface area contributed by atoms with E-state index in [2.05, 4.69) is 0 Å². The second-order valence-corrected chi connectivity index (χ2v) is 7.92. The highest BCUT2D eigenvalue weighted by Crippen LogP contribution is 2.34. The van der Waals surface area contributed by atoms with Crippen molar-refractivity contribution in [3.8, 4) is 0 Å². The molecule has 26 heavy (non-hydrogen) atoms. The summed E-state index contributed by atoms with van der Waals surface area (Å²) >= 11 is 0. The molecule has 2 aliphatic rings. The molecule has 142 valence electrons. The van der Waals surface area contributed by atoms with Crippen LogP contribution in [0.1, 0.15) is 44.0 Å². The molecule has 2 fully saturated rings. The fourth-order valence-electron chi connectivity index (χ4n) is 3.67. The van der Waals surface area contributed by atoms with Gasteiger partial charge in [-0.25, -0.2) is 13.6 Å². The van der Waals surface area contributed by atoms with Crippen molar-refractivity contribution in [2.45, 2.75) is 51.3 Å². The summed E-state index contributed by atoms with van der Waals surface area (Å²) in [7, 11) is 0. The van der Waals surface area contributed by atoms with E-state index in [9.17, 15) is 18.4 Å². The summed E-state index contributed by atoms with van der Waals surface area (Å²) < 4.78 is 37.9. The number of halogens is 2. The van der Waals surface area contributed by atoms with E-state index >= 15 is 0 Å². The Bertz CT molecular complexity index is 682. The van der Waals surface area contributed by atoms with Gasteiger partial charge in [0.15, 0.2) is 5.78 Å². The Balaban J connectivity index is 1.77. The van der Waals surface area contributed by atoms with Crippen LogP contribution in [0.2, 0.25) is 0 Å². The molecule has 1 aromatic carbocycles. The highest BCUT2D eigenvalue weighted by atomic mass is 19.1. The molecule has 7 heteroatoms. The molecule has 5 nitrogen and oxygen atoms in total. The quantitative estimate of drug-likeness (QED) is 0.750. The first-order valence-electron chi connectivity index (χ1n) is 8.73. The molecular weight excluding hydrogens is 344 g/mol. The summed E-state index contributed by atoms with van der Waals surface area (Å²) in [6.07, 6.45) is 0.345. The number of ether oxygens (including phenoxy) is 2. The van der Waals surface area contributed by atoms with E-state index in [0.717, 1.165) is 18.2 Å². The predicted octanol–water partition coefficient (Wildman–Crippen LogP) is 3.56. The second kappa shape index (κ2) is 6.95. The van der Waals surface area contributed by atoms with Gasteiger partial charge in [0.1, 0.15) is 17.2 Å². The Labute approximate surface area is 151 Å². The van der Waals surface area contributed by atoms with Crippen molar-refractivity contribution in [3.63, 3.8) is 0 Å². The van der Waals surface area contributed by atoms with Gasteiger partial charge in [-0.2, -0.15) is 0 Å². The van der Waals surface area contributed by atoms with Gasteiger partial charge < -0.3 is 9.47 Å². The third-order valence-corrected chi connectivity index (χ3v) is 4.64. The van der Waals surface area contributed by atoms with Crippen molar-refractivity contribution in [1.82, 2.24) is 4.90 Å². The van der Waals surface area contributed by atoms with Crippen molar-refractivity contribution in [2.75, 3.05) is 13.2 Å². The number of ketones is 1. The number of hydrogen-bond acceptors (Lipinski definition) is 4. The third kappa shape index (κ3) is 4.03. The summed E-state index contributed by atoms with van der Waals surface area (Å²) in [5, 5.41) is 0. The topological polar surface area (TPSA) is 55.8 Å². The third-order valence-electron chi connectivity index (χ3n) is 4.64. The van der Waals surface area contributed by atoms with Gasteiger partial charge in [-0.05, 0) is 45.7 Å². The number of fused-ring (bicyclic) bond motifs is 2. The molecule has 2 aliphatic heterocycles. The van der Waals surface area contributed by atoms with Gasteiger partial charge in [-0.3, -0.25) is 9.69 Å². The molecule has 0 aliphatic carbocycles. The van der Waals surface area contributed by atoms with E-state index < -0.39 is 29.2 Å². The monoisotopic (exact) mass is 367 g/mol. The van der Waals surface area contributed by atoms with Crippen LogP contribution in [0, 0.1) is 17.6 Å². The Morgan fingerprint density at radius 3 is 2.12 bits per heavy atom. The smallest absolute Gasteiger partial charge is 0.410 e. The lowest BCUT2D eigenvalue weighted by Gasteiger charge is -2.47. The zero-order chi connectivity index (χ0) is 19.1. The Kier molecular flexibility index (Phi) is 5.01. The molecule has 3 rings (SSSR count). The number of piperidine rings is 1. The van der Waals surface area contributed by atoms with Crippen LogP contribution in [0.5, 0.6) is 0 Å². The van der Waals surface area contributed by atoms with Crippen LogP contribution in [0.3, 0.4) is 0 Å². The maximum Gasteiger partial charge on any atom is 0.410 e. The standard InChI is InChI=1S/C19H23F2NO4/c1-19(2,3)26-18(24)22-15-6-12(7-16(22)10-25-9-15)17(23)11-4-13(20)8-14(21)5-11/h4-5,8,12,15-16H,6-7,9-10H2,1-3H3. The Hall–Kier alpha value is -2.02. The van der Waals surface area contributed by atoms with Crippen LogP contribution in [0.4, 0.5) is 13.6 Å². The van der Waals surface area contributed by atoms with Crippen molar-refractivity contribution < 1.29 is 27.8 Å². The fraction of sp³-hybridized carbons (Fsp3) is 0.579. The molecule has 0 radical (unpaired) electrons. The van der Waals surface area contributed by atoms with Crippen LogP contribution in [0.15, 0.2) is 18.2 Å². The molecule has 2 unspecified atom stereocenters. The zero-order valence-corrected chi connectivity index (χ0v) is 15.1. The number of Topliss-reactive ketones (excluding diaryl/α,β-unsaturated/α-hetero) is 1. The van der Waals surface area contributed by atoms with Crippen LogP contribution >= 0.6 is 0 Å². The average Bonchev–Trinajstić information content (AvgIpc) is 2.50. The number of benzene rings is 1. The number of carbonyl (C=O) groups excluding carboxylic acids is 2. The van der Waals surface area contributed by atoms with Crippen molar-refractivity contribution in [2.24, 2.45) is 5.92 Å². The van der Waals surface area contributed by atoms with E-state index in [1.54, 1.807) is 25.7 Å². The van der Waals surface area contributed by atoms with E-state index in [1.165, 1.54) is 0 Å². The number of rotatable bonds is 2. The van der Waals surface area contributed by atoms with Crippen molar-refractivity contribution in [3.05, 3.63) is 35.4 Å². The normalized spacial score (nSPS) is 25.7. The van der Waals surface area contributed by atoms with Gasteiger partial charge in [0, 0.05) is 17.5 Å². The minimum absolute atomic E-state index is 0.0252. The minimum atomic E-state index is -0.775. The zero-order valence-electron chi connectivity index (χ0n) is 15.1. The molecule has 2 saturated heterocycles. The number of morpholine rings is 1. The first-order chi connectivity index (χ1) is 12.1. The number of nitrogens with zero attached hydrogens (tertiary/aromatic N) is 1. The first kappa shape index (κ1) is 18.8. The number of amides is 1. The lowest BCUT2D eigenvalue weighted by molar-refractivity contribution is -0.0861.